The van der Waals surface area contributed by atoms with Gasteiger partial charge in [-0.25, -0.2) is 0 Å². The Kier molecular flexibility index (Phi) is 4.29. The van der Waals surface area contributed by atoms with Crippen LogP contribution in [0, 0.1) is 0 Å². The summed E-state index contributed by atoms with van der Waals surface area (Å²) in [5, 5.41) is 4.42. The number of hydrogen-bond acceptors (Lipinski definition) is 1. The summed E-state index contributed by atoms with van der Waals surface area (Å²) in [5.74, 6) is 0. The summed E-state index contributed by atoms with van der Waals surface area (Å²) in [4.78, 5) is 0. The van der Waals surface area contributed by atoms with Gasteiger partial charge in [0.25, 0.3) is 0 Å². The third-order valence-electron chi connectivity index (χ3n) is 1.90. The van der Waals surface area contributed by atoms with E-state index >= 15 is 0 Å². The lowest BCUT2D eigenvalue weighted by Gasteiger charge is -1.96. The molecule has 1 aromatic heterocycles. The molecule has 62 valence electrons. The minimum Gasteiger partial charge on any atom is -0.152 e. The predicted molar refractivity (Wildman–Crippen MR) is 53.3 cm³/mol. The summed E-state index contributed by atoms with van der Waals surface area (Å²) in [5.41, 5.74) is 1.52. The van der Waals surface area contributed by atoms with Gasteiger partial charge < -0.3 is 0 Å². The first-order valence-electron chi connectivity index (χ1n) is 4.44. The fourth-order valence-electron chi connectivity index (χ4n) is 1.19. The fourth-order valence-corrected chi connectivity index (χ4v) is 1.89. The van der Waals surface area contributed by atoms with Crippen LogP contribution in [0.5, 0.6) is 0 Å². The van der Waals surface area contributed by atoms with E-state index in [1.807, 2.05) is 0 Å². The second kappa shape index (κ2) is 5.36. The second-order valence-corrected chi connectivity index (χ2v) is 3.72. The fraction of sp³-hybridized carbons (Fsp3) is 0.600. The van der Waals surface area contributed by atoms with Crippen molar-refractivity contribution in [2.75, 3.05) is 0 Å². The lowest BCUT2D eigenvalue weighted by atomic mass is 10.1. The molecule has 0 nitrogen and oxygen atoms in total. The molecule has 0 unspecified atom stereocenters. The topological polar surface area (TPSA) is 0 Å². The summed E-state index contributed by atoms with van der Waals surface area (Å²) in [6.45, 7) is 2.25. The first-order chi connectivity index (χ1) is 5.43. The van der Waals surface area contributed by atoms with Gasteiger partial charge in [-0.1, -0.05) is 26.2 Å². The molecule has 0 N–H and O–H groups in total. The Morgan fingerprint density at radius 3 is 2.91 bits per heavy atom. The van der Waals surface area contributed by atoms with Gasteiger partial charge in [0, 0.05) is 0 Å². The van der Waals surface area contributed by atoms with Crippen LogP contribution in [0.25, 0.3) is 0 Å². The van der Waals surface area contributed by atoms with Crippen molar-refractivity contribution >= 4 is 11.3 Å². The molecule has 0 spiro atoms. The first kappa shape index (κ1) is 8.79. The van der Waals surface area contributed by atoms with Crippen molar-refractivity contribution in [2.24, 2.45) is 0 Å². The molecule has 0 aromatic carbocycles. The van der Waals surface area contributed by atoms with Crippen LogP contribution >= 0.6 is 11.3 Å². The Bertz CT molecular complexity index is 170. The molecule has 0 bridgehead atoms. The molecular weight excluding hydrogens is 152 g/mol. The van der Waals surface area contributed by atoms with E-state index in [4.69, 9.17) is 0 Å². The van der Waals surface area contributed by atoms with Gasteiger partial charge in [-0.2, -0.15) is 11.3 Å². The van der Waals surface area contributed by atoms with Crippen molar-refractivity contribution in [1.29, 1.82) is 0 Å². The van der Waals surface area contributed by atoms with Gasteiger partial charge in [-0.15, -0.1) is 0 Å². The highest BCUT2D eigenvalue weighted by molar-refractivity contribution is 7.07. The predicted octanol–water partition coefficient (Wildman–Crippen LogP) is 3.98. The normalized spacial score (nSPS) is 10.3. The lowest BCUT2D eigenvalue weighted by molar-refractivity contribution is 0.667. The van der Waals surface area contributed by atoms with E-state index in [9.17, 15) is 0 Å². The van der Waals surface area contributed by atoms with Crippen molar-refractivity contribution in [3.8, 4) is 0 Å². The van der Waals surface area contributed by atoms with Gasteiger partial charge in [0.05, 0.1) is 0 Å². The van der Waals surface area contributed by atoms with Crippen LogP contribution in [0.1, 0.15) is 39.6 Å². The Hall–Kier alpha value is -0.300. The molecule has 0 fully saturated rings. The molecule has 11 heavy (non-hydrogen) atoms. The van der Waals surface area contributed by atoms with Crippen LogP contribution in [-0.2, 0) is 6.42 Å². The number of unbranched alkanes of at least 4 members (excludes halogenated alkanes) is 3. The van der Waals surface area contributed by atoms with Gasteiger partial charge in [-0.3, -0.25) is 0 Å². The first-order valence-corrected chi connectivity index (χ1v) is 5.39. The molecule has 0 aliphatic carbocycles. The van der Waals surface area contributed by atoms with Crippen molar-refractivity contribution in [2.45, 2.75) is 39.0 Å². The van der Waals surface area contributed by atoms with E-state index in [1.165, 1.54) is 37.7 Å². The second-order valence-electron chi connectivity index (χ2n) is 2.94. The highest BCUT2D eigenvalue weighted by atomic mass is 32.1. The third-order valence-corrected chi connectivity index (χ3v) is 2.63. The van der Waals surface area contributed by atoms with Gasteiger partial charge in [0.1, 0.15) is 0 Å². The van der Waals surface area contributed by atoms with Gasteiger partial charge >= 0.3 is 1.43 Å². The monoisotopic (exact) mass is 169 g/mol. The quantitative estimate of drug-likeness (QED) is 0.585. The molecule has 1 aromatic rings. The molecule has 0 amide bonds. The van der Waals surface area contributed by atoms with Gasteiger partial charge in [-0.05, 0) is 35.2 Å². The van der Waals surface area contributed by atoms with Gasteiger partial charge in [0.2, 0.25) is 0 Å². The third kappa shape index (κ3) is 3.57. The Balaban J connectivity index is 0.00000121. The maximum atomic E-state index is 2.26. The minimum atomic E-state index is 0. The molecule has 0 radical (unpaired) electrons. The smallest absolute Gasteiger partial charge is 0.152 e. The lowest BCUT2D eigenvalue weighted by Crippen LogP contribution is -1.81. The summed E-state index contributed by atoms with van der Waals surface area (Å²) in [6, 6.07) is 2.23. The zero-order chi connectivity index (χ0) is 7.94. The molecule has 1 heterocycles. The van der Waals surface area contributed by atoms with Gasteiger partial charge in [0.15, 0.2) is 0 Å². The SMILES string of the molecule is CCCCCCc1ccsc1.[H+]. The Labute approximate surface area is 74.7 Å². The van der Waals surface area contributed by atoms with E-state index in [0.717, 1.165) is 0 Å². The minimum absolute atomic E-state index is 0. The number of aryl methyl sites for hydroxylation is 1. The van der Waals surface area contributed by atoms with Crippen LogP contribution in [0.3, 0.4) is 0 Å². The number of rotatable bonds is 5. The molecule has 0 saturated carbocycles. The van der Waals surface area contributed by atoms with E-state index in [1.54, 1.807) is 11.3 Å². The average Bonchev–Trinajstić information content (AvgIpc) is 2.50. The standard InChI is InChI=1S/C10H16S/c1-2-3-4-5-6-10-7-8-11-9-10/h7-9H,2-6H2,1H3/p+1. The Morgan fingerprint density at radius 2 is 2.27 bits per heavy atom. The van der Waals surface area contributed by atoms with Crippen molar-refractivity contribution in [1.82, 2.24) is 0 Å². The number of hydrogen-bond donors (Lipinski definition) is 0. The molecular formula is C10H17S+. The molecule has 1 heteroatoms. The van der Waals surface area contributed by atoms with Crippen LogP contribution in [0.15, 0.2) is 16.8 Å². The van der Waals surface area contributed by atoms with Crippen LogP contribution in [-0.4, -0.2) is 0 Å². The largest absolute Gasteiger partial charge is 1.00 e. The summed E-state index contributed by atoms with van der Waals surface area (Å²) in [6.07, 6.45) is 6.77. The highest BCUT2D eigenvalue weighted by Crippen LogP contribution is 2.10. The van der Waals surface area contributed by atoms with Crippen LogP contribution in [0.4, 0.5) is 0 Å². The molecule has 0 atom stereocenters. The summed E-state index contributed by atoms with van der Waals surface area (Å²) in [7, 11) is 0. The molecule has 0 aliphatic heterocycles. The maximum Gasteiger partial charge on any atom is 1.00 e. The van der Waals surface area contributed by atoms with Crippen LogP contribution < -0.4 is 0 Å². The zero-order valence-corrected chi connectivity index (χ0v) is 7.99. The Morgan fingerprint density at radius 1 is 1.36 bits per heavy atom. The summed E-state index contributed by atoms with van der Waals surface area (Å²) >= 11 is 1.80. The van der Waals surface area contributed by atoms with E-state index in [0.29, 0.717) is 0 Å². The highest BCUT2D eigenvalue weighted by Gasteiger charge is 1.91. The average molecular weight is 169 g/mol. The van der Waals surface area contributed by atoms with Crippen molar-refractivity contribution in [3.05, 3.63) is 22.4 Å². The van der Waals surface area contributed by atoms with E-state index in [2.05, 4.69) is 23.8 Å². The molecule has 1 rings (SSSR count). The van der Waals surface area contributed by atoms with Crippen molar-refractivity contribution in [3.63, 3.8) is 0 Å². The van der Waals surface area contributed by atoms with Crippen LogP contribution in [0.2, 0.25) is 0 Å². The molecule has 0 aliphatic rings. The zero-order valence-electron chi connectivity index (χ0n) is 8.18. The number of thiophene rings is 1. The van der Waals surface area contributed by atoms with E-state index in [-0.39, 0.29) is 1.43 Å². The van der Waals surface area contributed by atoms with Crippen molar-refractivity contribution < 1.29 is 1.43 Å². The maximum absolute atomic E-state index is 2.26. The van der Waals surface area contributed by atoms with E-state index < -0.39 is 0 Å². The molecule has 0 saturated heterocycles. The summed E-state index contributed by atoms with van der Waals surface area (Å²) < 4.78 is 0.